The number of carboxylic acid groups (broad SMARTS) is 1. The van der Waals surface area contributed by atoms with Crippen molar-refractivity contribution in [2.75, 3.05) is 32.0 Å². The van der Waals surface area contributed by atoms with Crippen LogP contribution in [0.2, 0.25) is 0 Å². The van der Waals surface area contributed by atoms with E-state index < -0.39 is 5.97 Å². The minimum absolute atomic E-state index is 0.155. The van der Waals surface area contributed by atoms with Crippen LogP contribution in [0, 0.1) is 0 Å². The Morgan fingerprint density at radius 1 is 1.31 bits per heavy atom. The molecule has 4 N–H and O–H groups in total. The third-order valence-corrected chi connectivity index (χ3v) is 2.04. The molecule has 1 aromatic rings. The largest absolute Gasteiger partial charge is 0.478 e. The van der Waals surface area contributed by atoms with Crippen molar-refractivity contribution in [3.8, 4) is 0 Å². The van der Waals surface area contributed by atoms with Gasteiger partial charge in [-0.2, -0.15) is 0 Å². The molecule has 0 aliphatic carbocycles. The second kappa shape index (κ2) is 6.81. The van der Waals surface area contributed by atoms with Crippen LogP contribution in [0.4, 0.5) is 5.69 Å². The summed E-state index contributed by atoms with van der Waals surface area (Å²) in [5.74, 6) is -0.988. The van der Waals surface area contributed by atoms with Gasteiger partial charge >= 0.3 is 5.97 Å². The number of nitrogen functional groups attached to an aromatic ring is 1. The smallest absolute Gasteiger partial charge is 0.337 e. The fourth-order valence-corrected chi connectivity index (χ4v) is 1.21. The first-order valence-electron chi connectivity index (χ1n) is 5.08. The number of hydrogen-bond donors (Lipinski definition) is 3. The number of morpholine rings is 1. The molecule has 0 aromatic heterocycles. The van der Waals surface area contributed by atoms with Crippen LogP contribution in [0.5, 0.6) is 0 Å². The maximum absolute atomic E-state index is 10.3. The first-order chi connectivity index (χ1) is 7.72. The highest BCUT2D eigenvalue weighted by Crippen LogP contribution is 2.08. The number of carboxylic acids is 1. The number of rotatable bonds is 1. The SMILES string of the molecule is C1COCCN1.Nc1ccccc1C(=O)O. The van der Waals surface area contributed by atoms with Crippen LogP contribution in [0.15, 0.2) is 24.3 Å². The molecule has 16 heavy (non-hydrogen) atoms. The molecule has 0 bridgehead atoms. The van der Waals surface area contributed by atoms with Crippen molar-refractivity contribution < 1.29 is 14.6 Å². The number of carbonyl (C=O) groups is 1. The van der Waals surface area contributed by atoms with Gasteiger partial charge in [0, 0.05) is 18.8 Å². The summed E-state index contributed by atoms with van der Waals surface area (Å²) in [6, 6.07) is 6.36. The summed E-state index contributed by atoms with van der Waals surface area (Å²) in [4.78, 5) is 10.3. The van der Waals surface area contributed by atoms with E-state index >= 15 is 0 Å². The number of para-hydroxylation sites is 1. The lowest BCUT2D eigenvalue weighted by Gasteiger charge is -2.10. The molecule has 1 aliphatic heterocycles. The van der Waals surface area contributed by atoms with Gasteiger partial charge in [0.1, 0.15) is 0 Å². The Labute approximate surface area is 94.2 Å². The average Bonchev–Trinajstić information content (AvgIpc) is 2.32. The molecule has 0 saturated carbocycles. The quantitative estimate of drug-likeness (QED) is 0.607. The van der Waals surface area contributed by atoms with Gasteiger partial charge in [-0.1, -0.05) is 12.1 Å². The molecule has 0 spiro atoms. The van der Waals surface area contributed by atoms with Crippen LogP contribution in [-0.4, -0.2) is 37.4 Å². The van der Waals surface area contributed by atoms with Gasteiger partial charge in [0.15, 0.2) is 0 Å². The lowest BCUT2D eigenvalue weighted by molar-refractivity contribution is 0.0698. The van der Waals surface area contributed by atoms with Crippen molar-refractivity contribution in [1.29, 1.82) is 0 Å². The molecule has 5 heteroatoms. The van der Waals surface area contributed by atoms with E-state index in [1.165, 1.54) is 6.07 Å². The highest BCUT2D eigenvalue weighted by molar-refractivity contribution is 5.93. The number of nitrogens with one attached hydrogen (secondary N) is 1. The Balaban J connectivity index is 0.000000181. The Kier molecular flexibility index (Phi) is 5.31. The molecule has 5 nitrogen and oxygen atoms in total. The third kappa shape index (κ3) is 4.29. The summed E-state index contributed by atoms with van der Waals surface area (Å²) in [5.41, 5.74) is 5.80. The summed E-state index contributed by atoms with van der Waals surface area (Å²) in [7, 11) is 0. The molecule has 0 unspecified atom stereocenters. The Hall–Kier alpha value is -1.59. The number of benzene rings is 1. The van der Waals surface area contributed by atoms with E-state index in [1.54, 1.807) is 18.2 Å². The Morgan fingerprint density at radius 2 is 1.94 bits per heavy atom. The number of aromatic carboxylic acids is 1. The first kappa shape index (κ1) is 12.5. The van der Waals surface area contributed by atoms with Crippen LogP contribution in [0.3, 0.4) is 0 Å². The minimum atomic E-state index is -0.988. The second-order valence-corrected chi connectivity index (χ2v) is 3.25. The standard InChI is InChI=1S/C7H7NO2.C4H9NO/c8-6-4-2-1-3-5(6)7(9)10;1-3-6-4-2-5-1/h1-4H,8H2,(H,9,10);5H,1-4H2. The van der Waals surface area contributed by atoms with Crippen molar-refractivity contribution in [2.24, 2.45) is 0 Å². The van der Waals surface area contributed by atoms with E-state index in [0.29, 0.717) is 5.69 Å². The molecule has 2 rings (SSSR count). The van der Waals surface area contributed by atoms with Crippen molar-refractivity contribution in [1.82, 2.24) is 5.32 Å². The lowest BCUT2D eigenvalue weighted by atomic mass is 10.2. The Morgan fingerprint density at radius 3 is 2.25 bits per heavy atom. The van der Waals surface area contributed by atoms with Crippen molar-refractivity contribution >= 4 is 11.7 Å². The topological polar surface area (TPSA) is 84.6 Å². The summed E-state index contributed by atoms with van der Waals surface area (Å²) >= 11 is 0. The molecule has 0 amide bonds. The summed E-state index contributed by atoms with van der Waals surface area (Å²) in [6.07, 6.45) is 0. The van der Waals surface area contributed by atoms with E-state index in [-0.39, 0.29) is 5.56 Å². The molecule has 1 saturated heterocycles. The molecule has 0 atom stereocenters. The van der Waals surface area contributed by atoms with Crippen molar-refractivity contribution in [2.45, 2.75) is 0 Å². The monoisotopic (exact) mass is 224 g/mol. The predicted molar refractivity (Wildman–Crippen MR) is 61.5 cm³/mol. The highest BCUT2D eigenvalue weighted by Gasteiger charge is 2.03. The highest BCUT2D eigenvalue weighted by atomic mass is 16.5. The van der Waals surface area contributed by atoms with E-state index in [0.717, 1.165) is 26.3 Å². The van der Waals surface area contributed by atoms with Gasteiger partial charge in [-0.3, -0.25) is 0 Å². The lowest BCUT2D eigenvalue weighted by Crippen LogP contribution is -2.30. The van der Waals surface area contributed by atoms with Crippen LogP contribution >= 0.6 is 0 Å². The van der Waals surface area contributed by atoms with Gasteiger partial charge in [0.2, 0.25) is 0 Å². The number of hydrogen-bond acceptors (Lipinski definition) is 4. The number of ether oxygens (including phenoxy) is 1. The van der Waals surface area contributed by atoms with Gasteiger partial charge in [0.05, 0.1) is 18.8 Å². The van der Waals surface area contributed by atoms with Crippen LogP contribution in [0.1, 0.15) is 10.4 Å². The fraction of sp³-hybridized carbons (Fsp3) is 0.364. The maximum atomic E-state index is 10.3. The van der Waals surface area contributed by atoms with Crippen LogP contribution < -0.4 is 11.1 Å². The summed E-state index contributed by atoms with van der Waals surface area (Å²) in [5, 5.41) is 11.6. The fourth-order valence-electron chi connectivity index (χ4n) is 1.21. The van der Waals surface area contributed by atoms with Gasteiger partial charge in [-0.05, 0) is 12.1 Å². The summed E-state index contributed by atoms with van der Waals surface area (Å²) < 4.78 is 5.01. The molecular weight excluding hydrogens is 208 g/mol. The molecule has 0 radical (unpaired) electrons. The predicted octanol–water partition coefficient (Wildman–Crippen LogP) is 0.573. The van der Waals surface area contributed by atoms with Crippen molar-refractivity contribution in [3.05, 3.63) is 29.8 Å². The summed E-state index contributed by atoms with van der Waals surface area (Å²) in [6.45, 7) is 3.83. The van der Waals surface area contributed by atoms with E-state index in [4.69, 9.17) is 15.6 Å². The molecule has 88 valence electrons. The van der Waals surface area contributed by atoms with Gasteiger partial charge < -0.3 is 20.9 Å². The molecule has 1 heterocycles. The van der Waals surface area contributed by atoms with E-state index in [1.807, 2.05) is 0 Å². The van der Waals surface area contributed by atoms with Gasteiger partial charge in [-0.25, -0.2) is 4.79 Å². The van der Waals surface area contributed by atoms with Gasteiger partial charge in [-0.15, -0.1) is 0 Å². The zero-order chi connectivity index (χ0) is 11.8. The normalized spacial score (nSPS) is 14.8. The zero-order valence-electron chi connectivity index (χ0n) is 8.98. The van der Waals surface area contributed by atoms with Crippen LogP contribution in [0.25, 0.3) is 0 Å². The van der Waals surface area contributed by atoms with E-state index in [2.05, 4.69) is 5.32 Å². The number of nitrogens with two attached hydrogens (primary N) is 1. The first-order valence-corrected chi connectivity index (χ1v) is 5.08. The second-order valence-electron chi connectivity index (χ2n) is 3.25. The van der Waals surface area contributed by atoms with E-state index in [9.17, 15) is 4.79 Å². The minimum Gasteiger partial charge on any atom is -0.478 e. The maximum Gasteiger partial charge on any atom is 0.337 e. The molecular formula is C11H16N2O3. The van der Waals surface area contributed by atoms with Crippen molar-refractivity contribution in [3.63, 3.8) is 0 Å². The molecule has 1 fully saturated rings. The van der Waals surface area contributed by atoms with Gasteiger partial charge in [0.25, 0.3) is 0 Å². The molecule has 1 aliphatic rings. The Bertz CT molecular complexity index is 326. The third-order valence-electron chi connectivity index (χ3n) is 2.04. The molecule has 1 aromatic carbocycles. The zero-order valence-corrected chi connectivity index (χ0v) is 8.98. The van der Waals surface area contributed by atoms with Crippen LogP contribution in [-0.2, 0) is 4.74 Å². The number of anilines is 1. The average molecular weight is 224 g/mol.